The van der Waals surface area contributed by atoms with Gasteiger partial charge in [-0.3, -0.25) is 4.79 Å². The molecule has 0 spiro atoms. The molecule has 0 saturated carbocycles. The van der Waals surface area contributed by atoms with Crippen molar-refractivity contribution in [3.8, 4) is 0 Å². The molecule has 4 nitrogen and oxygen atoms in total. The summed E-state index contributed by atoms with van der Waals surface area (Å²) >= 11 is 0. The number of fused-ring (bicyclic) bond motifs is 2. The van der Waals surface area contributed by atoms with Gasteiger partial charge in [0.1, 0.15) is 0 Å². The Bertz CT molecular complexity index is 840. The summed E-state index contributed by atoms with van der Waals surface area (Å²) in [5.74, 6) is -0.0739. The predicted molar refractivity (Wildman–Crippen MR) is 112 cm³/mol. The highest BCUT2D eigenvalue weighted by Gasteiger charge is 2.11. The molecule has 2 aromatic carbocycles. The van der Waals surface area contributed by atoms with Crippen LogP contribution in [0.4, 0.5) is 0 Å². The molecule has 0 aliphatic heterocycles. The Morgan fingerprint density at radius 3 is 2.40 bits per heavy atom. The van der Waals surface area contributed by atoms with Crippen molar-refractivity contribution < 1.29 is 4.79 Å². The van der Waals surface area contributed by atoms with Crippen LogP contribution in [0.1, 0.15) is 10.4 Å². The Labute approximate surface area is 166 Å². The summed E-state index contributed by atoms with van der Waals surface area (Å²) in [7, 11) is 3.97. The van der Waals surface area contributed by atoms with Gasteiger partial charge in [-0.1, -0.05) is 30.3 Å². The van der Waals surface area contributed by atoms with Crippen molar-refractivity contribution in [3.63, 3.8) is 0 Å². The van der Waals surface area contributed by atoms with Crippen LogP contribution >= 0.6 is 37.2 Å². The van der Waals surface area contributed by atoms with Gasteiger partial charge in [0.2, 0.25) is 0 Å². The van der Waals surface area contributed by atoms with Gasteiger partial charge in [-0.15, -0.1) is 37.2 Å². The monoisotopic (exact) mass is 401 g/mol. The van der Waals surface area contributed by atoms with E-state index in [0.717, 1.165) is 28.4 Å². The lowest BCUT2D eigenvalue weighted by atomic mass is 10.1. The number of hydrogen-bond acceptors (Lipinski definition) is 3. The molecule has 1 aromatic heterocycles. The summed E-state index contributed by atoms with van der Waals surface area (Å²) in [6.45, 7) is 1.43. The first-order valence-electron chi connectivity index (χ1n) is 7.36. The first kappa shape index (κ1) is 23.4. The fourth-order valence-electron chi connectivity index (χ4n) is 2.47. The maximum absolute atomic E-state index is 12.4. The van der Waals surface area contributed by atoms with E-state index < -0.39 is 0 Å². The molecule has 1 amide bonds. The average Bonchev–Trinajstić information content (AvgIpc) is 2.51. The Morgan fingerprint density at radius 2 is 1.68 bits per heavy atom. The Balaban J connectivity index is 0.00000192. The van der Waals surface area contributed by atoms with E-state index in [1.165, 1.54) is 0 Å². The van der Waals surface area contributed by atoms with Crippen LogP contribution in [0.3, 0.4) is 0 Å². The van der Waals surface area contributed by atoms with Crippen molar-refractivity contribution in [3.05, 3.63) is 54.1 Å². The standard InChI is InChI=1S/C18H19N3O.3ClH/c1-21(2)11-10-19-18(22)15-8-5-7-14-12-13-6-3-4-9-16(13)20-17(14)15;;;/h3-9,12H,10-11H2,1-2H3,(H,19,22);3*1H. The van der Waals surface area contributed by atoms with E-state index in [1.807, 2.05) is 61.5 Å². The number of nitrogens with one attached hydrogen (secondary N) is 1. The molecule has 0 unspecified atom stereocenters. The van der Waals surface area contributed by atoms with Gasteiger partial charge in [0.25, 0.3) is 5.91 Å². The number of carbonyl (C=O) groups is 1. The van der Waals surface area contributed by atoms with E-state index in [-0.39, 0.29) is 43.1 Å². The average molecular weight is 403 g/mol. The van der Waals surface area contributed by atoms with Gasteiger partial charge in [-0.2, -0.15) is 0 Å². The molecule has 3 aromatic rings. The number of amides is 1. The number of nitrogens with zero attached hydrogens (tertiary/aromatic N) is 2. The lowest BCUT2D eigenvalue weighted by Crippen LogP contribution is -2.31. The van der Waals surface area contributed by atoms with Crippen LogP contribution < -0.4 is 5.32 Å². The van der Waals surface area contributed by atoms with Crippen LogP contribution in [0, 0.1) is 0 Å². The number of para-hydroxylation sites is 2. The molecule has 0 aliphatic carbocycles. The van der Waals surface area contributed by atoms with Crippen molar-refractivity contribution in [1.29, 1.82) is 0 Å². The highest BCUT2D eigenvalue weighted by Crippen LogP contribution is 2.22. The van der Waals surface area contributed by atoms with Crippen LogP contribution in [0.2, 0.25) is 0 Å². The van der Waals surface area contributed by atoms with Gasteiger partial charge in [0, 0.05) is 23.9 Å². The second-order valence-electron chi connectivity index (χ2n) is 5.62. The third kappa shape index (κ3) is 5.44. The molecule has 136 valence electrons. The van der Waals surface area contributed by atoms with Crippen LogP contribution in [0.15, 0.2) is 48.5 Å². The number of rotatable bonds is 4. The summed E-state index contributed by atoms with van der Waals surface area (Å²) in [6.07, 6.45) is 0. The summed E-state index contributed by atoms with van der Waals surface area (Å²) in [5.41, 5.74) is 2.29. The Hall–Kier alpha value is -1.59. The van der Waals surface area contributed by atoms with E-state index in [9.17, 15) is 4.79 Å². The van der Waals surface area contributed by atoms with Crippen LogP contribution in [-0.4, -0.2) is 43.0 Å². The number of benzene rings is 2. The Kier molecular flexibility index (Phi) is 9.75. The van der Waals surface area contributed by atoms with Crippen molar-refractivity contribution in [2.75, 3.05) is 27.2 Å². The van der Waals surface area contributed by atoms with Crippen molar-refractivity contribution in [2.45, 2.75) is 0 Å². The van der Waals surface area contributed by atoms with Crippen molar-refractivity contribution >= 4 is 64.9 Å². The van der Waals surface area contributed by atoms with Gasteiger partial charge in [0.05, 0.1) is 16.6 Å². The first-order valence-corrected chi connectivity index (χ1v) is 7.36. The third-order valence-electron chi connectivity index (χ3n) is 3.64. The number of likely N-dealkylation sites (N-methyl/N-ethyl adjacent to an activating group) is 1. The van der Waals surface area contributed by atoms with Crippen LogP contribution in [0.5, 0.6) is 0 Å². The van der Waals surface area contributed by atoms with E-state index in [1.54, 1.807) is 0 Å². The molecular formula is C18H22Cl3N3O. The van der Waals surface area contributed by atoms with Gasteiger partial charge >= 0.3 is 0 Å². The quantitative estimate of drug-likeness (QED) is 0.672. The van der Waals surface area contributed by atoms with E-state index in [4.69, 9.17) is 0 Å². The number of pyridine rings is 1. The van der Waals surface area contributed by atoms with Gasteiger partial charge < -0.3 is 10.2 Å². The molecule has 0 aliphatic rings. The van der Waals surface area contributed by atoms with Crippen molar-refractivity contribution in [1.82, 2.24) is 15.2 Å². The number of halogens is 3. The molecular weight excluding hydrogens is 381 g/mol. The fourth-order valence-corrected chi connectivity index (χ4v) is 2.47. The van der Waals surface area contributed by atoms with Gasteiger partial charge in [0.15, 0.2) is 0 Å². The molecule has 1 heterocycles. The molecule has 25 heavy (non-hydrogen) atoms. The molecule has 0 radical (unpaired) electrons. The zero-order valence-electron chi connectivity index (χ0n) is 14.1. The molecule has 0 bridgehead atoms. The van der Waals surface area contributed by atoms with Gasteiger partial charge in [-0.25, -0.2) is 4.98 Å². The smallest absolute Gasteiger partial charge is 0.253 e. The summed E-state index contributed by atoms with van der Waals surface area (Å²) < 4.78 is 0. The van der Waals surface area contributed by atoms with Gasteiger partial charge in [-0.05, 0) is 32.3 Å². The first-order chi connectivity index (χ1) is 10.6. The number of hydrogen-bond donors (Lipinski definition) is 1. The fraction of sp³-hybridized carbons (Fsp3) is 0.222. The SMILES string of the molecule is CN(C)CCNC(=O)c1cccc2cc3ccccc3nc12.Cl.Cl.Cl. The topological polar surface area (TPSA) is 45.2 Å². The minimum atomic E-state index is -0.0739. The van der Waals surface area contributed by atoms with Crippen LogP contribution in [0.25, 0.3) is 21.8 Å². The zero-order valence-corrected chi connectivity index (χ0v) is 16.5. The minimum Gasteiger partial charge on any atom is -0.351 e. The molecule has 1 N–H and O–H groups in total. The summed E-state index contributed by atoms with van der Waals surface area (Å²) in [5, 5.41) is 5.02. The highest BCUT2D eigenvalue weighted by molar-refractivity contribution is 6.07. The number of carbonyl (C=O) groups excluding carboxylic acids is 1. The second kappa shape index (κ2) is 10.4. The molecule has 3 rings (SSSR count). The minimum absolute atomic E-state index is 0. The predicted octanol–water partition coefficient (Wildman–Crippen LogP) is 3.94. The largest absolute Gasteiger partial charge is 0.351 e. The van der Waals surface area contributed by atoms with E-state index in [2.05, 4.69) is 16.4 Å². The molecule has 0 atom stereocenters. The maximum atomic E-state index is 12.4. The van der Waals surface area contributed by atoms with Crippen molar-refractivity contribution in [2.24, 2.45) is 0 Å². The van der Waals surface area contributed by atoms with E-state index in [0.29, 0.717) is 12.1 Å². The normalized spacial score (nSPS) is 9.88. The zero-order chi connectivity index (χ0) is 15.5. The third-order valence-corrected chi connectivity index (χ3v) is 3.64. The summed E-state index contributed by atoms with van der Waals surface area (Å²) in [4.78, 5) is 19.1. The van der Waals surface area contributed by atoms with Crippen LogP contribution in [-0.2, 0) is 0 Å². The highest BCUT2D eigenvalue weighted by atomic mass is 35.5. The lowest BCUT2D eigenvalue weighted by Gasteiger charge is -2.11. The lowest BCUT2D eigenvalue weighted by molar-refractivity contribution is 0.0952. The summed E-state index contributed by atoms with van der Waals surface area (Å²) in [6, 6.07) is 15.8. The number of aromatic nitrogens is 1. The Morgan fingerprint density at radius 1 is 1.00 bits per heavy atom. The van der Waals surface area contributed by atoms with E-state index >= 15 is 0 Å². The molecule has 0 saturated heterocycles. The molecule has 0 fully saturated rings. The molecule has 7 heteroatoms. The maximum Gasteiger partial charge on any atom is 0.253 e. The second-order valence-corrected chi connectivity index (χ2v) is 5.62.